The van der Waals surface area contributed by atoms with E-state index >= 15 is 0 Å². The van der Waals surface area contributed by atoms with Gasteiger partial charge in [0.15, 0.2) is 0 Å². The van der Waals surface area contributed by atoms with Gasteiger partial charge in [-0.3, -0.25) is 9.58 Å². The smallest absolute Gasteiger partial charge is 0.0537 e. The van der Waals surface area contributed by atoms with Gasteiger partial charge in [0.1, 0.15) is 0 Å². The molecule has 1 aromatic rings. The van der Waals surface area contributed by atoms with Crippen molar-refractivity contribution in [2.24, 2.45) is 7.05 Å². The first-order valence-corrected chi connectivity index (χ1v) is 7.11. The molecule has 2 heterocycles. The minimum Gasteiger partial charge on any atom is -0.320 e. The molecule has 0 aromatic carbocycles. The summed E-state index contributed by atoms with van der Waals surface area (Å²) in [6.45, 7) is 4.65. The SMILES string of the molecule is CNCCC1CCCCN1C(C)c1cnn(C)c1. The highest BCUT2D eigenvalue weighted by Gasteiger charge is 2.27. The van der Waals surface area contributed by atoms with E-state index in [0.717, 1.165) is 12.6 Å². The number of aromatic nitrogens is 2. The van der Waals surface area contributed by atoms with Crippen LogP contribution in [-0.2, 0) is 7.05 Å². The van der Waals surface area contributed by atoms with Gasteiger partial charge >= 0.3 is 0 Å². The van der Waals surface area contributed by atoms with Crippen molar-refractivity contribution in [3.8, 4) is 0 Å². The topological polar surface area (TPSA) is 33.1 Å². The number of nitrogens with one attached hydrogen (secondary N) is 1. The summed E-state index contributed by atoms with van der Waals surface area (Å²) in [4.78, 5) is 2.66. The van der Waals surface area contributed by atoms with Gasteiger partial charge in [0.05, 0.1) is 6.20 Å². The molecule has 1 N–H and O–H groups in total. The molecule has 2 rings (SSSR count). The van der Waals surface area contributed by atoms with Crippen LogP contribution in [0.3, 0.4) is 0 Å². The van der Waals surface area contributed by atoms with Gasteiger partial charge in [-0.15, -0.1) is 0 Å². The maximum absolute atomic E-state index is 4.30. The Bertz CT molecular complexity index is 360. The van der Waals surface area contributed by atoms with E-state index in [0.29, 0.717) is 6.04 Å². The lowest BCUT2D eigenvalue weighted by Gasteiger charge is -2.39. The van der Waals surface area contributed by atoms with E-state index in [4.69, 9.17) is 0 Å². The predicted molar refractivity (Wildman–Crippen MR) is 74.5 cm³/mol. The Morgan fingerprint density at radius 3 is 3.00 bits per heavy atom. The van der Waals surface area contributed by atoms with Crippen LogP contribution in [0.1, 0.15) is 44.2 Å². The van der Waals surface area contributed by atoms with Gasteiger partial charge in [-0.25, -0.2) is 0 Å². The van der Waals surface area contributed by atoms with Crippen molar-refractivity contribution in [2.45, 2.75) is 44.7 Å². The van der Waals surface area contributed by atoms with E-state index in [1.165, 1.54) is 37.8 Å². The van der Waals surface area contributed by atoms with E-state index in [-0.39, 0.29) is 0 Å². The van der Waals surface area contributed by atoms with Crippen LogP contribution in [0.5, 0.6) is 0 Å². The molecule has 2 atom stereocenters. The molecule has 18 heavy (non-hydrogen) atoms. The van der Waals surface area contributed by atoms with Crippen molar-refractivity contribution >= 4 is 0 Å². The zero-order valence-corrected chi connectivity index (χ0v) is 11.9. The van der Waals surface area contributed by atoms with Crippen molar-refractivity contribution in [1.82, 2.24) is 20.0 Å². The summed E-state index contributed by atoms with van der Waals surface area (Å²) in [5, 5.41) is 7.57. The Labute approximate surface area is 110 Å². The van der Waals surface area contributed by atoms with Crippen LogP contribution < -0.4 is 5.32 Å². The number of hydrogen-bond donors (Lipinski definition) is 1. The third-order valence-electron chi connectivity index (χ3n) is 4.10. The molecule has 4 nitrogen and oxygen atoms in total. The first-order valence-electron chi connectivity index (χ1n) is 7.11. The Morgan fingerprint density at radius 1 is 1.50 bits per heavy atom. The summed E-state index contributed by atoms with van der Waals surface area (Å²) in [6.07, 6.45) is 9.46. The van der Waals surface area contributed by atoms with Gasteiger partial charge in [0.25, 0.3) is 0 Å². The fourth-order valence-electron chi connectivity index (χ4n) is 3.00. The number of rotatable bonds is 5. The van der Waals surface area contributed by atoms with Crippen LogP contribution >= 0.6 is 0 Å². The van der Waals surface area contributed by atoms with Crippen LogP contribution in [0.4, 0.5) is 0 Å². The second kappa shape index (κ2) is 6.34. The van der Waals surface area contributed by atoms with Crippen molar-refractivity contribution in [1.29, 1.82) is 0 Å². The zero-order chi connectivity index (χ0) is 13.0. The maximum Gasteiger partial charge on any atom is 0.0537 e. The van der Waals surface area contributed by atoms with E-state index in [9.17, 15) is 0 Å². The molecule has 0 amide bonds. The minimum absolute atomic E-state index is 0.487. The highest BCUT2D eigenvalue weighted by Crippen LogP contribution is 2.29. The maximum atomic E-state index is 4.30. The second-order valence-electron chi connectivity index (χ2n) is 5.40. The van der Waals surface area contributed by atoms with Crippen LogP contribution in [0.2, 0.25) is 0 Å². The van der Waals surface area contributed by atoms with E-state index in [2.05, 4.69) is 28.4 Å². The molecule has 1 fully saturated rings. The molecule has 2 unspecified atom stereocenters. The van der Waals surface area contributed by atoms with E-state index in [1.54, 1.807) is 0 Å². The van der Waals surface area contributed by atoms with E-state index in [1.807, 2.05) is 25.0 Å². The second-order valence-corrected chi connectivity index (χ2v) is 5.40. The van der Waals surface area contributed by atoms with Crippen LogP contribution in [0, 0.1) is 0 Å². The van der Waals surface area contributed by atoms with Gasteiger partial charge in [0.2, 0.25) is 0 Å². The van der Waals surface area contributed by atoms with Crippen molar-refractivity contribution in [3.05, 3.63) is 18.0 Å². The summed E-state index contributed by atoms with van der Waals surface area (Å²) in [6, 6.07) is 1.21. The first-order chi connectivity index (χ1) is 8.72. The lowest BCUT2D eigenvalue weighted by atomic mass is 9.96. The quantitative estimate of drug-likeness (QED) is 0.867. The predicted octanol–water partition coefficient (Wildman–Crippen LogP) is 1.95. The standard InChI is InChI=1S/C14H26N4/c1-12(13-10-16-17(3)11-13)18-9-5-4-6-14(18)7-8-15-2/h10-12,14-15H,4-9H2,1-3H3. The Morgan fingerprint density at radius 2 is 2.33 bits per heavy atom. The van der Waals surface area contributed by atoms with Crippen LogP contribution in [0.15, 0.2) is 12.4 Å². The Hall–Kier alpha value is -0.870. The fraction of sp³-hybridized carbons (Fsp3) is 0.786. The molecule has 102 valence electrons. The van der Waals surface area contributed by atoms with Crippen molar-refractivity contribution in [2.75, 3.05) is 20.1 Å². The molecule has 1 aromatic heterocycles. The average Bonchev–Trinajstić information content (AvgIpc) is 2.82. The zero-order valence-electron chi connectivity index (χ0n) is 11.9. The summed E-state index contributed by atoms with van der Waals surface area (Å²) >= 11 is 0. The Balaban J connectivity index is 2.03. The van der Waals surface area contributed by atoms with Gasteiger partial charge < -0.3 is 5.32 Å². The minimum atomic E-state index is 0.487. The molecule has 1 saturated heterocycles. The monoisotopic (exact) mass is 250 g/mol. The van der Waals surface area contributed by atoms with E-state index < -0.39 is 0 Å². The number of aryl methyl sites for hydroxylation is 1. The van der Waals surface area contributed by atoms with Crippen molar-refractivity contribution in [3.63, 3.8) is 0 Å². The lowest BCUT2D eigenvalue weighted by molar-refractivity contribution is 0.0971. The van der Waals surface area contributed by atoms with Crippen LogP contribution in [-0.4, -0.2) is 40.9 Å². The first kappa shape index (κ1) is 13.6. The summed E-state index contributed by atoms with van der Waals surface area (Å²) in [5.41, 5.74) is 1.34. The van der Waals surface area contributed by atoms with Gasteiger partial charge in [0, 0.05) is 30.9 Å². The number of piperidine rings is 1. The molecule has 0 aliphatic carbocycles. The largest absolute Gasteiger partial charge is 0.320 e. The van der Waals surface area contributed by atoms with Gasteiger partial charge in [-0.2, -0.15) is 5.10 Å². The fourth-order valence-corrected chi connectivity index (χ4v) is 3.00. The summed E-state index contributed by atoms with van der Waals surface area (Å²) in [5.74, 6) is 0. The third-order valence-corrected chi connectivity index (χ3v) is 4.10. The normalized spacial score (nSPS) is 23.2. The molecule has 0 bridgehead atoms. The average molecular weight is 250 g/mol. The highest BCUT2D eigenvalue weighted by atomic mass is 15.3. The summed E-state index contributed by atoms with van der Waals surface area (Å²) in [7, 11) is 4.03. The molecule has 0 radical (unpaired) electrons. The molecule has 1 aliphatic rings. The number of likely N-dealkylation sites (tertiary alicyclic amines) is 1. The lowest BCUT2D eigenvalue weighted by Crippen LogP contribution is -2.42. The summed E-state index contributed by atoms with van der Waals surface area (Å²) < 4.78 is 1.90. The molecule has 0 saturated carbocycles. The molecule has 4 heteroatoms. The number of hydrogen-bond acceptors (Lipinski definition) is 3. The Kier molecular flexibility index (Phi) is 4.78. The molecule has 1 aliphatic heterocycles. The molecular formula is C14H26N4. The third kappa shape index (κ3) is 3.12. The van der Waals surface area contributed by atoms with Gasteiger partial charge in [-0.05, 0) is 46.3 Å². The molecule has 0 spiro atoms. The molecular weight excluding hydrogens is 224 g/mol. The van der Waals surface area contributed by atoms with Crippen molar-refractivity contribution < 1.29 is 0 Å². The number of nitrogens with zero attached hydrogens (tertiary/aromatic N) is 3. The van der Waals surface area contributed by atoms with Crippen LogP contribution in [0.25, 0.3) is 0 Å². The highest BCUT2D eigenvalue weighted by molar-refractivity contribution is 5.10. The van der Waals surface area contributed by atoms with Gasteiger partial charge in [-0.1, -0.05) is 6.42 Å².